The number of carbonyl (C=O) groups excluding carboxylic acids is 2. The molecule has 0 bridgehead atoms. The molecule has 0 saturated carbocycles. The Morgan fingerprint density at radius 3 is 2.44 bits per heavy atom. The minimum absolute atomic E-state index is 0.0520. The average molecular weight is 497 g/mol. The van der Waals surface area contributed by atoms with E-state index in [1.165, 1.54) is 19.2 Å². The van der Waals surface area contributed by atoms with Crippen LogP contribution in [0.15, 0.2) is 65.0 Å². The molecule has 0 spiro atoms. The van der Waals surface area contributed by atoms with Gasteiger partial charge in [0.2, 0.25) is 6.79 Å². The van der Waals surface area contributed by atoms with E-state index >= 15 is 0 Å². The molecule has 2 aromatic carbocycles. The van der Waals surface area contributed by atoms with Crippen molar-refractivity contribution in [1.29, 1.82) is 0 Å². The van der Waals surface area contributed by atoms with E-state index in [1.807, 2.05) is 11.9 Å². The molecule has 1 atom stereocenters. The second kappa shape index (κ2) is 10.8. The minimum atomic E-state index is -0.764. The molecule has 2 heterocycles. The van der Waals surface area contributed by atoms with Crippen molar-refractivity contribution in [3.05, 3.63) is 81.9 Å². The van der Waals surface area contributed by atoms with Crippen LogP contribution in [0.25, 0.3) is 0 Å². The summed E-state index contributed by atoms with van der Waals surface area (Å²) in [5.41, 5.74) is 3.32. The SMILES string of the molecule is COC(=O)C1=C(C)NC(C)=C(C(=O)OCCN(C)Cc2ccc(F)cc2)C1c1cccc2c1OCO2. The van der Waals surface area contributed by atoms with E-state index in [0.717, 1.165) is 5.56 Å². The van der Waals surface area contributed by atoms with E-state index in [9.17, 15) is 14.0 Å². The molecule has 2 aliphatic heterocycles. The largest absolute Gasteiger partial charge is 0.466 e. The lowest BCUT2D eigenvalue weighted by Gasteiger charge is -2.30. The number of nitrogens with zero attached hydrogens (tertiary/aromatic N) is 1. The number of hydrogen-bond acceptors (Lipinski definition) is 8. The molecule has 8 nitrogen and oxygen atoms in total. The van der Waals surface area contributed by atoms with Crippen LogP contribution in [0.4, 0.5) is 4.39 Å². The number of nitrogens with one attached hydrogen (secondary N) is 1. The molecule has 0 radical (unpaired) electrons. The van der Waals surface area contributed by atoms with Gasteiger partial charge < -0.3 is 24.3 Å². The van der Waals surface area contributed by atoms with Crippen LogP contribution in [-0.2, 0) is 25.6 Å². The van der Waals surface area contributed by atoms with Gasteiger partial charge in [-0.1, -0.05) is 24.3 Å². The number of dihydropyridines is 1. The molecule has 190 valence electrons. The first kappa shape index (κ1) is 25.2. The van der Waals surface area contributed by atoms with Gasteiger partial charge in [-0.25, -0.2) is 14.0 Å². The number of esters is 2. The first-order valence-electron chi connectivity index (χ1n) is 11.6. The minimum Gasteiger partial charge on any atom is -0.466 e. The van der Waals surface area contributed by atoms with Gasteiger partial charge in [-0.3, -0.25) is 4.90 Å². The highest BCUT2D eigenvalue weighted by Crippen LogP contribution is 2.47. The van der Waals surface area contributed by atoms with Crippen molar-refractivity contribution in [2.45, 2.75) is 26.3 Å². The van der Waals surface area contributed by atoms with Gasteiger partial charge in [0.1, 0.15) is 12.4 Å². The van der Waals surface area contributed by atoms with E-state index in [2.05, 4.69) is 5.32 Å². The van der Waals surface area contributed by atoms with Crippen LogP contribution in [0.1, 0.15) is 30.9 Å². The zero-order valence-electron chi connectivity index (χ0n) is 20.7. The maximum absolute atomic E-state index is 13.4. The first-order valence-corrected chi connectivity index (χ1v) is 11.6. The number of likely N-dealkylation sites (N-methyl/N-ethyl adjacent to an activating group) is 1. The van der Waals surface area contributed by atoms with E-state index in [1.54, 1.807) is 44.2 Å². The molecule has 36 heavy (non-hydrogen) atoms. The van der Waals surface area contributed by atoms with Crippen molar-refractivity contribution in [1.82, 2.24) is 10.2 Å². The molecule has 0 aromatic heterocycles. The third kappa shape index (κ3) is 5.21. The van der Waals surface area contributed by atoms with Crippen LogP contribution < -0.4 is 14.8 Å². The fourth-order valence-corrected chi connectivity index (χ4v) is 4.49. The summed E-state index contributed by atoms with van der Waals surface area (Å²) in [5, 5.41) is 3.12. The van der Waals surface area contributed by atoms with Gasteiger partial charge in [0.05, 0.1) is 24.2 Å². The first-order chi connectivity index (χ1) is 17.3. The van der Waals surface area contributed by atoms with Crippen LogP contribution in [0.2, 0.25) is 0 Å². The zero-order valence-corrected chi connectivity index (χ0v) is 20.7. The van der Waals surface area contributed by atoms with Gasteiger partial charge in [0.15, 0.2) is 11.5 Å². The second-order valence-corrected chi connectivity index (χ2v) is 8.71. The van der Waals surface area contributed by atoms with Crippen molar-refractivity contribution in [2.24, 2.45) is 0 Å². The van der Waals surface area contributed by atoms with Gasteiger partial charge in [0.25, 0.3) is 0 Å². The van der Waals surface area contributed by atoms with Crippen molar-refractivity contribution < 1.29 is 32.9 Å². The number of fused-ring (bicyclic) bond motifs is 1. The quantitative estimate of drug-likeness (QED) is 0.555. The fraction of sp³-hybridized carbons (Fsp3) is 0.333. The highest BCUT2D eigenvalue weighted by atomic mass is 19.1. The Morgan fingerprint density at radius 2 is 1.75 bits per heavy atom. The summed E-state index contributed by atoms with van der Waals surface area (Å²) in [6.45, 7) is 4.74. The van der Waals surface area contributed by atoms with Gasteiger partial charge >= 0.3 is 11.9 Å². The van der Waals surface area contributed by atoms with Crippen molar-refractivity contribution in [3.63, 3.8) is 0 Å². The van der Waals surface area contributed by atoms with Crippen LogP contribution >= 0.6 is 0 Å². The van der Waals surface area contributed by atoms with Crippen LogP contribution in [-0.4, -0.2) is 50.9 Å². The molecule has 1 unspecified atom stereocenters. The number of halogens is 1. The maximum atomic E-state index is 13.4. The number of methoxy groups -OCH3 is 1. The van der Waals surface area contributed by atoms with Crippen molar-refractivity contribution in [2.75, 3.05) is 34.1 Å². The zero-order chi connectivity index (χ0) is 25.8. The van der Waals surface area contributed by atoms with Crippen LogP contribution in [0.3, 0.4) is 0 Å². The second-order valence-electron chi connectivity index (χ2n) is 8.71. The Bertz CT molecular complexity index is 1220. The highest BCUT2D eigenvalue weighted by Gasteiger charge is 2.40. The van der Waals surface area contributed by atoms with Crippen LogP contribution in [0, 0.1) is 5.82 Å². The molecular formula is C27H29FN2O6. The predicted molar refractivity (Wildman–Crippen MR) is 130 cm³/mol. The smallest absolute Gasteiger partial charge is 0.336 e. The Hall–Kier alpha value is -3.85. The van der Waals surface area contributed by atoms with Crippen molar-refractivity contribution in [3.8, 4) is 11.5 Å². The van der Waals surface area contributed by atoms with Crippen molar-refractivity contribution >= 4 is 11.9 Å². The Kier molecular flexibility index (Phi) is 7.59. The molecule has 2 aliphatic rings. The molecule has 4 rings (SSSR count). The van der Waals surface area contributed by atoms with E-state index in [0.29, 0.717) is 52.7 Å². The lowest BCUT2D eigenvalue weighted by Crippen LogP contribution is -2.33. The van der Waals surface area contributed by atoms with E-state index in [-0.39, 0.29) is 19.2 Å². The Morgan fingerprint density at radius 1 is 1.06 bits per heavy atom. The van der Waals surface area contributed by atoms with E-state index in [4.69, 9.17) is 18.9 Å². The molecule has 1 N–H and O–H groups in total. The number of hydrogen-bond donors (Lipinski definition) is 1. The number of ether oxygens (including phenoxy) is 4. The Labute approximate surface area is 209 Å². The lowest BCUT2D eigenvalue weighted by atomic mass is 9.80. The standard InChI is InChI=1S/C27H29FN2O6/c1-16-22(26(31)33-4)24(20-6-5-7-21-25(20)36-15-35-21)23(17(2)29-16)27(32)34-13-12-30(3)14-18-8-10-19(28)11-9-18/h5-11,24,29H,12-15H2,1-4H3. The summed E-state index contributed by atoms with van der Waals surface area (Å²) in [6.07, 6.45) is 0. The topological polar surface area (TPSA) is 86.3 Å². The number of benzene rings is 2. The number of allylic oxidation sites excluding steroid dienone is 2. The van der Waals surface area contributed by atoms with Gasteiger partial charge in [0, 0.05) is 30.0 Å². The number of para-hydroxylation sites is 1. The summed E-state index contributed by atoms with van der Waals surface area (Å²) < 4.78 is 35.1. The molecule has 0 amide bonds. The van der Waals surface area contributed by atoms with Crippen LogP contribution in [0.5, 0.6) is 11.5 Å². The molecule has 0 fully saturated rings. The average Bonchev–Trinajstić information content (AvgIpc) is 3.33. The molecular weight excluding hydrogens is 467 g/mol. The third-order valence-corrected chi connectivity index (χ3v) is 6.20. The molecule has 9 heteroatoms. The summed E-state index contributed by atoms with van der Waals surface area (Å²) >= 11 is 0. The van der Waals surface area contributed by atoms with Gasteiger partial charge in [-0.05, 0) is 44.7 Å². The number of rotatable bonds is 8. The summed E-state index contributed by atoms with van der Waals surface area (Å²) in [7, 11) is 3.19. The van der Waals surface area contributed by atoms with E-state index < -0.39 is 17.9 Å². The number of carbonyl (C=O) groups is 2. The monoisotopic (exact) mass is 496 g/mol. The normalized spacial score (nSPS) is 16.8. The van der Waals surface area contributed by atoms with Gasteiger partial charge in [-0.15, -0.1) is 0 Å². The lowest BCUT2D eigenvalue weighted by molar-refractivity contribution is -0.139. The predicted octanol–water partition coefficient (Wildman–Crippen LogP) is 3.64. The summed E-state index contributed by atoms with van der Waals surface area (Å²) in [5.74, 6) is -1.13. The fourth-order valence-electron chi connectivity index (χ4n) is 4.49. The Balaban J connectivity index is 1.55. The highest BCUT2D eigenvalue weighted by molar-refractivity contribution is 6.00. The molecule has 0 saturated heterocycles. The maximum Gasteiger partial charge on any atom is 0.336 e. The third-order valence-electron chi connectivity index (χ3n) is 6.20. The summed E-state index contributed by atoms with van der Waals surface area (Å²) in [4.78, 5) is 28.2. The molecule has 0 aliphatic carbocycles. The summed E-state index contributed by atoms with van der Waals surface area (Å²) in [6, 6.07) is 11.6. The van der Waals surface area contributed by atoms with Gasteiger partial charge in [-0.2, -0.15) is 0 Å². The molecule has 2 aromatic rings.